The van der Waals surface area contributed by atoms with Crippen molar-refractivity contribution in [3.63, 3.8) is 0 Å². The van der Waals surface area contributed by atoms with Crippen molar-refractivity contribution in [1.82, 2.24) is 4.90 Å². The van der Waals surface area contributed by atoms with Gasteiger partial charge >= 0.3 is 0 Å². The number of carbonyl (C=O) groups is 1. The fourth-order valence-corrected chi connectivity index (χ4v) is 3.53. The van der Waals surface area contributed by atoms with Crippen LogP contribution in [-0.4, -0.2) is 51.0 Å². The van der Waals surface area contributed by atoms with E-state index >= 15 is 0 Å². The van der Waals surface area contributed by atoms with Gasteiger partial charge in [-0.2, -0.15) is 0 Å². The number of benzene rings is 3. The molecule has 156 valence electrons. The molecule has 0 radical (unpaired) electrons. The molecule has 5 heteroatoms. The first kappa shape index (κ1) is 20.4. The zero-order valence-electron chi connectivity index (χ0n) is 17.5. The third-order valence-corrected chi connectivity index (χ3v) is 5.20. The van der Waals surface area contributed by atoms with Crippen LogP contribution < -0.4 is 4.74 Å². The third kappa shape index (κ3) is 4.81. The monoisotopic (exact) mass is 405 g/mol. The first-order chi connectivity index (χ1) is 14.6. The van der Waals surface area contributed by atoms with Crippen molar-refractivity contribution in [2.45, 2.75) is 19.1 Å². The van der Waals surface area contributed by atoms with Crippen LogP contribution in [0.3, 0.4) is 0 Å². The van der Waals surface area contributed by atoms with Crippen LogP contribution in [0.2, 0.25) is 0 Å². The van der Waals surface area contributed by atoms with Gasteiger partial charge in [0.05, 0.1) is 19.8 Å². The van der Waals surface area contributed by atoms with Gasteiger partial charge in [-0.15, -0.1) is 0 Å². The number of hydrogen-bond acceptors (Lipinski definition) is 4. The number of amides is 1. The summed E-state index contributed by atoms with van der Waals surface area (Å²) in [7, 11) is 3.52. The van der Waals surface area contributed by atoms with Crippen LogP contribution in [0.5, 0.6) is 5.75 Å². The second-order valence-electron chi connectivity index (χ2n) is 7.66. The number of fused-ring (bicyclic) bond motifs is 1. The minimum Gasteiger partial charge on any atom is -0.493 e. The first-order valence-electron chi connectivity index (χ1n) is 10.3. The van der Waals surface area contributed by atoms with E-state index in [0.717, 1.165) is 53.7 Å². The molecule has 5 nitrogen and oxygen atoms in total. The quantitative estimate of drug-likeness (QED) is 0.594. The molecular formula is C25H27NO4. The van der Waals surface area contributed by atoms with E-state index in [0.29, 0.717) is 12.2 Å². The van der Waals surface area contributed by atoms with Gasteiger partial charge < -0.3 is 19.1 Å². The molecule has 0 N–H and O–H groups in total. The van der Waals surface area contributed by atoms with Gasteiger partial charge in [0.1, 0.15) is 5.75 Å². The molecule has 0 aliphatic carbocycles. The lowest BCUT2D eigenvalue weighted by atomic mass is 10.00. The van der Waals surface area contributed by atoms with Crippen LogP contribution >= 0.6 is 0 Å². The second-order valence-corrected chi connectivity index (χ2v) is 7.66. The number of nitrogens with zero attached hydrogens (tertiary/aromatic N) is 1. The maximum absolute atomic E-state index is 12.1. The van der Waals surface area contributed by atoms with Crippen molar-refractivity contribution < 1.29 is 19.0 Å². The van der Waals surface area contributed by atoms with Gasteiger partial charge in [-0.25, -0.2) is 0 Å². The van der Waals surface area contributed by atoms with Crippen molar-refractivity contribution in [3.8, 4) is 16.9 Å². The summed E-state index contributed by atoms with van der Waals surface area (Å²) in [5.74, 6) is 0.841. The van der Waals surface area contributed by atoms with E-state index in [1.165, 1.54) is 0 Å². The lowest BCUT2D eigenvalue weighted by Gasteiger charge is -2.23. The summed E-state index contributed by atoms with van der Waals surface area (Å²) in [5, 5.41) is 2.27. The molecule has 0 atom stereocenters. The van der Waals surface area contributed by atoms with Crippen LogP contribution in [0.1, 0.15) is 23.2 Å². The van der Waals surface area contributed by atoms with Crippen molar-refractivity contribution in [2.24, 2.45) is 0 Å². The van der Waals surface area contributed by atoms with E-state index in [1.807, 2.05) is 30.3 Å². The van der Waals surface area contributed by atoms with Crippen LogP contribution in [0.25, 0.3) is 21.9 Å². The summed E-state index contributed by atoms with van der Waals surface area (Å²) in [5.41, 5.74) is 2.86. The maximum atomic E-state index is 12.1. The molecule has 0 bridgehead atoms. The molecule has 4 rings (SSSR count). The van der Waals surface area contributed by atoms with E-state index in [-0.39, 0.29) is 12.2 Å². The number of ether oxygens (including phenoxy) is 3. The van der Waals surface area contributed by atoms with Gasteiger partial charge in [0.25, 0.3) is 5.91 Å². The molecule has 0 unspecified atom stereocenters. The Balaban J connectivity index is 1.46. The number of hydrogen-bond donors (Lipinski definition) is 0. The molecular weight excluding hydrogens is 378 g/mol. The van der Waals surface area contributed by atoms with E-state index in [4.69, 9.17) is 14.2 Å². The van der Waals surface area contributed by atoms with Gasteiger partial charge in [-0.1, -0.05) is 30.3 Å². The Kier molecular flexibility index (Phi) is 6.31. The number of rotatable bonds is 6. The Morgan fingerprint density at radius 2 is 1.63 bits per heavy atom. The highest BCUT2D eigenvalue weighted by molar-refractivity contribution is 5.94. The van der Waals surface area contributed by atoms with Crippen molar-refractivity contribution in [1.29, 1.82) is 0 Å². The maximum Gasteiger partial charge on any atom is 0.253 e. The molecule has 3 aromatic rings. The lowest BCUT2D eigenvalue weighted by Crippen LogP contribution is -2.26. The Morgan fingerprint density at radius 1 is 0.933 bits per heavy atom. The van der Waals surface area contributed by atoms with Gasteiger partial charge in [-0.05, 0) is 58.7 Å². The summed E-state index contributed by atoms with van der Waals surface area (Å²) < 4.78 is 17.0. The van der Waals surface area contributed by atoms with E-state index < -0.39 is 0 Å². The highest BCUT2D eigenvalue weighted by atomic mass is 16.7. The predicted octanol–water partition coefficient (Wildman–Crippen LogP) is 4.74. The number of carbonyl (C=O) groups excluding carboxylic acids is 1. The Labute approximate surface area is 177 Å². The molecule has 3 aromatic carbocycles. The van der Waals surface area contributed by atoms with Crippen LogP contribution in [0, 0.1) is 0 Å². The lowest BCUT2D eigenvalue weighted by molar-refractivity contribution is -0.183. The standard InChI is InChI=1S/C25H27NO4/c1-26(2)25(27)20-7-4-18(5-8-20)21-9-6-19-10-11-23(17-22(19)16-21)28-15-12-24-29-13-3-14-30-24/h4-11,16-17,24H,3,12-15H2,1-2H3. The minimum atomic E-state index is -0.159. The summed E-state index contributed by atoms with van der Waals surface area (Å²) in [6.45, 7) is 2.07. The topological polar surface area (TPSA) is 48.0 Å². The molecule has 0 saturated carbocycles. The van der Waals surface area contributed by atoms with E-state index in [9.17, 15) is 4.79 Å². The Bertz CT molecular complexity index is 1010. The zero-order chi connectivity index (χ0) is 20.9. The normalized spacial score (nSPS) is 14.6. The molecule has 1 heterocycles. The van der Waals surface area contributed by atoms with Crippen LogP contribution in [0.4, 0.5) is 0 Å². The second kappa shape index (κ2) is 9.28. The van der Waals surface area contributed by atoms with E-state index in [1.54, 1.807) is 19.0 Å². The first-order valence-corrected chi connectivity index (χ1v) is 10.3. The largest absolute Gasteiger partial charge is 0.493 e. The van der Waals surface area contributed by atoms with Crippen molar-refractivity contribution in [2.75, 3.05) is 33.9 Å². The predicted molar refractivity (Wildman–Crippen MR) is 118 cm³/mol. The average Bonchev–Trinajstić information content (AvgIpc) is 2.79. The van der Waals surface area contributed by atoms with Gasteiger partial charge in [0, 0.05) is 26.1 Å². The Morgan fingerprint density at radius 3 is 2.37 bits per heavy atom. The van der Waals surface area contributed by atoms with Gasteiger partial charge in [0.15, 0.2) is 6.29 Å². The average molecular weight is 405 g/mol. The smallest absolute Gasteiger partial charge is 0.253 e. The summed E-state index contributed by atoms with van der Waals surface area (Å²) in [6.07, 6.45) is 1.52. The molecule has 30 heavy (non-hydrogen) atoms. The van der Waals surface area contributed by atoms with Crippen LogP contribution in [0.15, 0.2) is 60.7 Å². The molecule has 0 aromatic heterocycles. The molecule has 0 spiro atoms. The van der Waals surface area contributed by atoms with Crippen molar-refractivity contribution in [3.05, 3.63) is 66.2 Å². The summed E-state index contributed by atoms with van der Waals surface area (Å²) in [4.78, 5) is 13.7. The van der Waals surface area contributed by atoms with Gasteiger partial charge in [0.2, 0.25) is 0 Å². The summed E-state index contributed by atoms with van der Waals surface area (Å²) in [6, 6.07) is 20.2. The highest BCUT2D eigenvalue weighted by Crippen LogP contribution is 2.28. The van der Waals surface area contributed by atoms with Crippen molar-refractivity contribution >= 4 is 16.7 Å². The zero-order valence-corrected chi connectivity index (χ0v) is 17.5. The molecule has 1 aliphatic heterocycles. The minimum absolute atomic E-state index is 0.00544. The Hall–Kier alpha value is -2.89. The fourth-order valence-electron chi connectivity index (χ4n) is 3.53. The molecule has 1 aliphatic rings. The van der Waals surface area contributed by atoms with Gasteiger partial charge in [-0.3, -0.25) is 4.79 Å². The fraction of sp³-hybridized carbons (Fsp3) is 0.320. The van der Waals surface area contributed by atoms with E-state index in [2.05, 4.69) is 30.3 Å². The summed E-state index contributed by atoms with van der Waals surface area (Å²) >= 11 is 0. The SMILES string of the molecule is CN(C)C(=O)c1ccc(-c2ccc3ccc(OCCC4OCCCO4)cc3c2)cc1. The molecule has 1 saturated heterocycles. The molecule has 1 amide bonds. The molecule has 1 fully saturated rings. The van der Waals surface area contributed by atoms with Crippen LogP contribution in [-0.2, 0) is 9.47 Å². The highest BCUT2D eigenvalue weighted by Gasteiger charge is 2.14. The third-order valence-electron chi connectivity index (χ3n) is 5.20.